The van der Waals surface area contributed by atoms with Gasteiger partial charge >= 0.3 is 0 Å². The largest absolute Gasteiger partial charge is 0.497 e. The Morgan fingerprint density at radius 2 is 2.00 bits per heavy atom. The van der Waals surface area contributed by atoms with Crippen LogP contribution in [0, 0.1) is 0 Å². The third kappa shape index (κ3) is 2.35. The van der Waals surface area contributed by atoms with Gasteiger partial charge in [0.25, 0.3) is 0 Å². The minimum atomic E-state index is 0.327. The maximum absolute atomic E-state index is 5.69. The number of nitrogens with two attached hydrogens (primary N) is 2. The summed E-state index contributed by atoms with van der Waals surface area (Å²) < 4.78 is 5.18. The maximum Gasteiger partial charge on any atom is 0.172 e. The van der Waals surface area contributed by atoms with Crippen LogP contribution in [-0.2, 0) is 0 Å². The number of nitrogens with zero attached hydrogens (tertiary/aromatic N) is 2. The molecule has 0 atom stereocenters. The van der Waals surface area contributed by atoms with Crippen LogP contribution < -0.4 is 16.2 Å². The lowest BCUT2D eigenvalue weighted by Gasteiger charge is -2.01. The summed E-state index contributed by atoms with van der Waals surface area (Å²) in [4.78, 5) is 11.9. The predicted molar refractivity (Wildman–Crippen MR) is 79.8 cm³/mol. The molecule has 0 spiro atoms. The quantitative estimate of drug-likeness (QED) is 0.683. The molecule has 3 rings (SSSR count). The molecule has 0 saturated heterocycles. The van der Waals surface area contributed by atoms with Crippen molar-refractivity contribution >= 4 is 34.3 Å². The molecule has 0 amide bonds. The smallest absolute Gasteiger partial charge is 0.172 e. The number of nitrogens with one attached hydrogen (secondary N) is 1. The molecule has 0 unspecified atom stereocenters. The van der Waals surface area contributed by atoms with Gasteiger partial charge in [-0.05, 0) is 36.0 Å². The molecule has 102 valence electrons. The van der Waals surface area contributed by atoms with Crippen LogP contribution in [-0.4, -0.2) is 22.1 Å². The molecular formula is C13H13N5OS. The lowest BCUT2D eigenvalue weighted by molar-refractivity contribution is 0.415. The Labute approximate surface area is 119 Å². The zero-order valence-corrected chi connectivity index (χ0v) is 11.6. The molecule has 0 aliphatic rings. The summed E-state index contributed by atoms with van der Waals surface area (Å²) in [7, 11) is 1.63. The number of hydrogen-bond acceptors (Lipinski definition) is 6. The zero-order chi connectivity index (χ0) is 14.1. The second-order valence-corrected chi connectivity index (χ2v) is 5.16. The highest BCUT2D eigenvalue weighted by atomic mass is 32.2. The number of H-pyrrole nitrogens is 1. The normalized spacial score (nSPS) is 10.8. The number of rotatable bonds is 3. The summed E-state index contributed by atoms with van der Waals surface area (Å²) in [6, 6.07) is 9.22. The Morgan fingerprint density at radius 1 is 1.15 bits per heavy atom. The first-order valence-corrected chi connectivity index (χ1v) is 6.71. The van der Waals surface area contributed by atoms with Gasteiger partial charge < -0.3 is 21.2 Å². The van der Waals surface area contributed by atoms with Crippen molar-refractivity contribution in [3.05, 3.63) is 30.3 Å². The molecule has 0 bridgehead atoms. The lowest BCUT2D eigenvalue weighted by Crippen LogP contribution is -1.97. The molecule has 0 radical (unpaired) electrons. The molecule has 5 N–H and O–H groups in total. The van der Waals surface area contributed by atoms with E-state index in [1.807, 2.05) is 24.3 Å². The second-order valence-electron chi connectivity index (χ2n) is 4.15. The summed E-state index contributed by atoms with van der Waals surface area (Å²) in [5.74, 6) is 1.11. The Kier molecular flexibility index (Phi) is 3.11. The topological polar surface area (TPSA) is 103 Å². The fourth-order valence-electron chi connectivity index (χ4n) is 1.76. The van der Waals surface area contributed by atoms with Crippen LogP contribution in [0.4, 0.5) is 11.5 Å². The van der Waals surface area contributed by atoms with E-state index >= 15 is 0 Å². The molecule has 0 aliphatic heterocycles. The number of benzene rings is 1. The van der Waals surface area contributed by atoms with Gasteiger partial charge in [0.1, 0.15) is 16.6 Å². The van der Waals surface area contributed by atoms with Crippen molar-refractivity contribution < 1.29 is 4.74 Å². The Hall–Kier alpha value is -2.41. The number of anilines is 2. The van der Waals surface area contributed by atoms with Gasteiger partial charge in [0.05, 0.1) is 23.8 Å². The summed E-state index contributed by atoms with van der Waals surface area (Å²) >= 11 is 1.40. The second kappa shape index (κ2) is 4.93. The van der Waals surface area contributed by atoms with Crippen LogP contribution in [0.1, 0.15) is 0 Å². The standard InChI is InChI=1S/C13H13N5OS/c1-19-7-2-4-9-10(6-7)17-13(16-9)20-11-5-3-8(14)12(15)18-11/h2-6H,14H2,1H3,(H2,15,18)(H,16,17). The third-order valence-electron chi connectivity index (χ3n) is 2.80. The first kappa shape index (κ1) is 12.6. The van der Waals surface area contributed by atoms with Gasteiger partial charge in [0.15, 0.2) is 5.16 Å². The van der Waals surface area contributed by atoms with E-state index in [1.54, 1.807) is 13.2 Å². The number of imidazole rings is 1. The molecule has 20 heavy (non-hydrogen) atoms. The minimum absolute atomic E-state index is 0.327. The zero-order valence-electron chi connectivity index (χ0n) is 10.8. The number of ether oxygens (including phenoxy) is 1. The van der Waals surface area contributed by atoms with Crippen LogP contribution >= 0.6 is 11.8 Å². The van der Waals surface area contributed by atoms with E-state index in [9.17, 15) is 0 Å². The Morgan fingerprint density at radius 3 is 2.75 bits per heavy atom. The molecule has 0 fully saturated rings. The SMILES string of the molecule is COc1ccc2nc(Sc3ccc(N)c(N)n3)[nH]c2c1. The molecule has 2 aromatic heterocycles. The van der Waals surface area contributed by atoms with Gasteiger partial charge in [-0.15, -0.1) is 0 Å². The predicted octanol–water partition coefficient (Wildman–Crippen LogP) is 2.28. The van der Waals surface area contributed by atoms with E-state index in [0.29, 0.717) is 11.5 Å². The number of hydrogen-bond donors (Lipinski definition) is 3. The molecule has 7 heteroatoms. The number of aromatic amines is 1. The molecular weight excluding hydrogens is 274 g/mol. The molecule has 0 saturated carbocycles. The monoisotopic (exact) mass is 287 g/mol. The Balaban J connectivity index is 1.92. The molecule has 0 aliphatic carbocycles. The average molecular weight is 287 g/mol. The van der Waals surface area contributed by atoms with Gasteiger partial charge in [0.2, 0.25) is 0 Å². The van der Waals surface area contributed by atoms with Crippen molar-refractivity contribution in [1.29, 1.82) is 0 Å². The van der Waals surface area contributed by atoms with E-state index in [1.165, 1.54) is 11.8 Å². The first-order valence-electron chi connectivity index (χ1n) is 5.89. The number of fused-ring (bicyclic) bond motifs is 1. The van der Waals surface area contributed by atoms with E-state index in [-0.39, 0.29) is 0 Å². The van der Waals surface area contributed by atoms with E-state index in [2.05, 4.69) is 15.0 Å². The highest BCUT2D eigenvalue weighted by Gasteiger charge is 2.07. The fraction of sp³-hybridized carbons (Fsp3) is 0.0769. The van der Waals surface area contributed by atoms with E-state index in [4.69, 9.17) is 16.2 Å². The van der Waals surface area contributed by atoms with E-state index < -0.39 is 0 Å². The van der Waals surface area contributed by atoms with Crippen LogP contribution in [0.5, 0.6) is 5.75 Å². The van der Waals surface area contributed by atoms with Crippen LogP contribution in [0.2, 0.25) is 0 Å². The Bertz CT molecular complexity index is 771. The molecule has 2 heterocycles. The van der Waals surface area contributed by atoms with Crippen LogP contribution in [0.3, 0.4) is 0 Å². The number of pyridine rings is 1. The van der Waals surface area contributed by atoms with Gasteiger partial charge in [-0.1, -0.05) is 0 Å². The van der Waals surface area contributed by atoms with Crippen LogP contribution in [0.15, 0.2) is 40.5 Å². The highest BCUT2D eigenvalue weighted by molar-refractivity contribution is 7.99. The first-order chi connectivity index (χ1) is 9.65. The summed E-state index contributed by atoms with van der Waals surface area (Å²) in [5.41, 5.74) is 13.6. The number of methoxy groups -OCH3 is 1. The van der Waals surface area contributed by atoms with Gasteiger partial charge in [-0.25, -0.2) is 9.97 Å². The highest BCUT2D eigenvalue weighted by Crippen LogP contribution is 2.28. The van der Waals surface area contributed by atoms with Crippen LogP contribution in [0.25, 0.3) is 11.0 Å². The summed E-state index contributed by atoms with van der Waals surface area (Å²) in [5, 5.41) is 1.48. The number of nitrogen functional groups attached to an aromatic ring is 2. The van der Waals surface area contributed by atoms with Crippen molar-refractivity contribution in [1.82, 2.24) is 15.0 Å². The molecule has 3 aromatic rings. The fourth-order valence-corrected chi connectivity index (χ4v) is 2.55. The summed E-state index contributed by atoms with van der Waals surface area (Å²) in [6.07, 6.45) is 0. The van der Waals surface area contributed by atoms with Crippen molar-refractivity contribution in [3.63, 3.8) is 0 Å². The maximum atomic E-state index is 5.69. The minimum Gasteiger partial charge on any atom is -0.497 e. The third-order valence-corrected chi connectivity index (χ3v) is 3.62. The van der Waals surface area contributed by atoms with E-state index in [0.717, 1.165) is 27.0 Å². The van der Waals surface area contributed by atoms with Crippen molar-refractivity contribution in [2.45, 2.75) is 10.2 Å². The molecule has 6 nitrogen and oxygen atoms in total. The van der Waals surface area contributed by atoms with Crippen molar-refractivity contribution in [2.24, 2.45) is 0 Å². The lowest BCUT2D eigenvalue weighted by atomic mass is 10.3. The number of aromatic nitrogens is 3. The average Bonchev–Trinajstić information content (AvgIpc) is 2.84. The van der Waals surface area contributed by atoms with Crippen molar-refractivity contribution in [3.8, 4) is 5.75 Å². The van der Waals surface area contributed by atoms with Gasteiger partial charge in [-0.3, -0.25) is 0 Å². The van der Waals surface area contributed by atoms with Crippen molar-refractivity contribution in [2.75, 3.05) is 18.6 Å². The molecule has 1 aromatic carbocycles. The van der Waals surface area contributed by atoms with Gasteiger partial charge in [0, 0.05) is 6.07 Å². The summed E-state index contributed by atoms with van der Waals surface area (Å²) in [6.45, 7) is 0. The van der Waals surface area contributed by atoms with Gasteiger partial charge in [-0.2, -0.15) is 0 Å².